The van der Waals surface area contributed by atoms with Gasteiger partial charge in [0.2, 0.25) is 5.89 Å². The zero-order valence-electron chi connectivity index (χ0n) is 29.3. The molecule has 0 atom stereocenters. The Morgan fingerprint density at radius 2 is 1.11 bits per heavy atom. The van der Waals surface area contributed by atoms with E-state index in [9.17, 15) is 0 Å². The van der Waals surface area contributed by atoms with Crippen LogP contribution in [-0.2, 0) is 0 Å². The number of fused-ring (bicyclic) bond motifs is 11. The molecule has 0 aliphatic carbocycles. The molecule has 0 spiro atoms. The molecule has 0 fully saturated rings. The lowest BCUT2D eigenvalue weighted by molar-refractivity contribution is 0.622. The monoisotopic (exact) mass is 707 g/mol. The number of para-hydroxylation sites is 4. The van der Waals surface area contributed by atoms with Crippen molar-refractivity contribution in [2.24, 2.45) is 0 Å². The maximum absolute atomic E-state index is 6.68. The zero-order chi connectivity index (χ0) is 36.0. The Labute approximate surface area is 313 Å². The molecule has 0 unspecified atom stereocenters. The van der Waals surface area contributed by atoms with Gasteiger partial charge in [-0.15, -0.1) is 0 Å². The van der Waals surface area contributed by atoms with Crippen molar-refractivity contribution in [3.05, 3.63) is 176 Å². The summed E-state index contributed by atoms with van der Waals surface area (Å²) in [5.74, 6) is 0.578. The number of rotatable bonds is 5. The fourth-order valence-corrected chi connectivity index (χ4v) is 8.37. The topological polar surface area (TPSA) is 60.5 Å². The maximum atomic E-state index is 6.68. The Balaban J connectivity index is 1.13. The second kappa shape index (κ2) is 11.5. The van der Waals surface area contributed by atoms with E-state index >= 15 is 0 Å². The average Bonchev–Trinajstić information content (AvgIpc) is 4.02. The third kappa shape index (κ3) is 4.46. The van der Waals surface area contributed by atoms with Gasteiger partial charge in [-0.1, -0.05) is 84.9 Å². The molecule has 0 radical (unpaired) electrons. The zero-order valence-corrected chi connectivity index (χ0v) is 29.3. The summed E-state index contributed by atoms with van der Waals surface area (Å²) in [4.78, 5) is 7.17. The van der Waals surface area contributed by atoms with E-state index < -0.39 is 0 Å². The minimum absolute atomic E-state index is 0.578. The lowest BCUT2D eigenvalue weighted by atomic mass is 10.1. The van der Waals surface area contributed by atoms with Gasteiger partial charge < -0.3 is 22.7 Å². The summed E-state index contributed by atoms with van der Waals surface area (Å²) in [5, 5.41) is 6.32. The number of oxazole rings is 1. The van der Waals surface area contributed by atoms with Crippen molar-refractivity contribution in [2.75, 3.05) is 4.90 Å². The molecule has 0 N–H and O–H groups in total. The van der Waals surface area contributed by atoms with E-state index in [4.69, 9.17) is 18.2 Å². The van der Waals surface area contributed by atoms with Gasteiger partial charge in [0.25, 0.3) is 0 Å². The van der Waals surface area contributed by atoms with Crippen LogP contribution in [0.25, 0.3) is 93.9 Å². The van der Waals surface area contributed by atoms with Crippen molar-refractivity contribution in [3.8, 4) is 17.1 Å². The Kier molecular flexibility index (Phi) is 6.24. The van der Waals surface area contributed by atoms with E-state index in [2.05, 4.69) is 131 Å². The van der Waals surface area contributed by atoms with Crippen molar-refractivity contribution >= 4 is 93.8 Å². The minimum atomic E-state index is 0.578. The predicted octanol–water partition coefficient (Wildman–Crippen LogP) is 13.9. The highest BCUT2D eigenvalue weighted by molar-refractivity contribution is 6.18. The molecule has 12 rings (SSSR count). The Hall–Kier alpha value is -7.57. The normalized spacial score (nSPS) is 12.0. The van der Waals surface area contributed by atoms with Gasteiger partial charge >= 0.3 is 0 Å². The second-order valence-corrected chi connectivity index (χ2v) is 13.9. The van der Waals surface area contributed by atoms with Crippen LogP contribution in [0.4, 0.5) is 17.1 Å². The number of hydrogen-bond acceptors (Lipinski definition) is 5. The van der Waals surface area contributed by atoms with Crippen LogP contribution in [-0.4, -0.2) is 9.55 Å². The molecule has 4 heterocycles. The SMILES string of the molecule is c1ccc(-c2nc3ccc4oc5ccc(N(c6ccc7c(c6)c6ccccc6n7-c6ccccc6)c6cccc7c6oc6ccccc67)cc5c4c3o2)cc1. The molecule has 6 heteroatoms. The minimum Gasteiger partial charge on any atom is -0.456 e. The first-order valence-electron chi connectivity index (χ1n) is 18.4. The maximum Gasteiger partial charge on any atom is 0.227 e. The van der Waals surface area contributed by atoms with Crippen LogP contribution in [0.1, 0.15) is 0 Å². The number of aromatic nitrogens is 2. The van der Waals surface area contributed by atoms with E-state index in [1.54, 1.807) is 0 Å². The number of hydrogen-bond donors (Lipinski definition) is 0. The van der Waals surface area contributed by atoms with Crippen LogP contribution in [0.15, 0.2) is 189 Å². The van der Waals surface area contributed by atoms with E-state index in [-0.39, 0.29) is 0 Å². The summed E-state index contributed by atoms with van der Waals surface area (Å²) in [6.07, 6.45) is 0. The second-order valence-electron chi connectivity index (χ2n) is 13.9. The summed E-state index contributed by atoms with van der Waals surface area (Å²) in [7, 11) is 0. The summed E-state index contributed by atoms with van der Waals surface area (Å²) < 4.78 is 22.0. The van der Waals surface area contributed by atoms with Crippen LogP contribution in [0.2, 0.25) is 0 Å². The molecule has 0 saturated carbocycles. The Morgan fingerprint density at radius 3 is 1.98 bits per heavy atom. The van der Waals surface area contributed by atoms with Crippen molar-refractivity contribution in [1.82, 2.24) is 9.55 Å². The molecule has 12 aromatic rings. The van der Waals surface area contributed by atoms with Gasteiger partial charge in [0.15, 0.2) is 11.2 Å². The van der Waals surface area contributed by atoms with E-state index in [0.717, 1.165) is 94.1 Å². The molecule has 258 valence electrons. The smallest absolute Gasteiger partial charge is 0.227 e. The Bertz CT molecular complexity index is 3440. The lowest BCUT2D eigenvalue weighted by Gasteiger charge is -2.26. The molecular weight excluding hydrogens is 679 g/mol. The van der Waals surface area contributed by atoms with Crippen molar-refractivity contribution in [1.29, 1.82) is 0 Å². The van der Waals surface area contributed by atoms with Crippen molar-refractivity contribution in [2.45, 2.75) is 0 Å². The molecule has 0 aliphatic rings. The first-order chi connectivity index (χ1) is 27.3. The number of anilines is 3. The van der Waals surface area contributed by atoms with E-state index in [1.807, 2.05) is 54.6 Å². The van der Waals surface area contributed by atoms with Crippen LogP contribution < -0.4 is 4.90 Å². The first kappa shape index (κ1) is 29.9. The van der Waals surface area contributed by atoms with Gasteiger partial charge in [0, 0.05) is 49.6 Å². The molecule has 0 aliphatic heterocycles. The molecule has 8 aromatic carbocycles. The van der Waals surface area contributed by atoms with Gasteiger partial charge in [0.1, 0.15) is 22.3 Å². The molecule has 0 amide bonds. The fraction of sp³-hybridized carbons (Fsp3) is 0. The van der Waals surface area contributed by atoms with Crippen molar-refractivity contribution in [3.63, 3.8) is 0 Å². The molecule has 0 saturated heterocycles. The predicted molar refractivity (Wildman–Crippen MR) is 223 cm³/mol. The van der Waals surface area contributed by atoms with Gasteiger partial charge in [-0.05, 0) is 91.0 Å². The summed E-state index contributed by atoms with van der Waals surface area (Å²) in [6, 6.07) is 60.9. The number of nitrogens with zero attached hydrogens (tertiary/aromatic N) is 3. The van der Waals surface area contributed by atoms with Gasteiger partial charge in [0.05, 0.1) is 22.1 Å². The van der Waals surface area contributed by atoms with Crippen LogP contribution >= 0.6 is 0 Å². The van der Waals surface area contributed by atoms with E-state index in [1.165, 1.54) is 5.39 Å². The van der Waals surface area contributed by atoms with Gasteiger partial charge in [-0.3, -0.25) is 0 Å². The Morgan fingerprint density at radius 1 is 0.436 bits per heavy atom. The fourth-order valence-electron chi connectivity index (χ4n) is 8.37. The standard InChI is InChI=1S/C49H29N3O3/c1-3-12-30(13-4-1)49-50-39-24-27-45-46(48(39)55-49)38-29-33(23-26-44(38)53-45)51(42-20-11-18-36-35-17-8-10-21-43(35)54-47(36)42)32-22-25-41-37(28-32)34-16-7-9-19-40(34)52(41)31-14-5-2-6-15-31/h1-29H. The summed E-state index contributed by atoms with van der Waals surface area (Å²) >= 11 is 0. The average molecular weight is 708 g/mol. The van der Waals surface area contributed by atoms with E-state index in [0.29, 0.717) is 11.5 Å². The summed E-state index contributed by atoms with van der Waals surface area (Å²) in [6.45, 7) is 0. The highest BCUT2D eigenvalue weighted by Gasteiger charge is 2.23. The van der Waals surface area contributed by atoms with Crippen LogP contribution in [0.5, 0.6) is 0 Å². The first-order valence-corrected chi connectivity index (χ1v) is 18.4. The summed E-state index contributed by atoms with van der Waals surface area (Å²) in [5.41, 5.74) is 11.9. The number of furan rings is 2. The lowest BCUT2D eigenvalue weighted by Crippen LogP contribution is -2.10. The quantitative estimate of drug-likeness (QED) is 0.178. The third-order valence-corrected chi connectivity index (χ3v) is 10.8. The van der Waals surface area contributed by atoms with Gasteiger partial charge in [-0.2, -0.15) is 0 Å². The van der Waals surface area contributed by atoms with Gasteiger partial charge in [-0.25, -0.2) is 4.98 Å². The van der Waals surface area contributed by atoms with Crippen LogP contribution in [0, 0.1) is 0 Å². The molecule has 4 aromatic heterocycles. The molecule has 6 nitrogen and oxygen atoms in total. The highest BCUT2D eigenvalue weighted by atomic mass is 16.4. The largest absolute Gasteiger partial charge is 0.456 e. The number of benzene rings is 8. The molecular formula is C49H29N3O3. The highest BCUT2D eigenvalue weighted by Crippen LogP contribution is 2.46. The van der Waals surface area contributed by atoms with Crippen molar-refractivity contribution < 1.29 is 13.3 Å². The van der Waals surface area contributed by atoms with Crippen LogP contribution in [0.3, 0.4) is 0 Å². The third-order valence-electron chi connectivity index (χ3n) is 10.8. The molecule has 0 bridgehead atoms. The molecule has 55 heavy (non-hydrogen) atoms.